The van der Waals surface area contributed by atoms with Gasteiger partial charge in [0.05, 0.1) is 6.04 Å². The molecular formula is C11H14F2N2O. The van der Waals surface area contributed by atoms with E-state index >= 15 is 0 Å². The molecule has 0 saturated heterocycles. The summed E-state index contributed by atoms with van der Waals surface area (Å²) in [4.78, 5) is 11.3. The minimum Gasteiger partial charge on any atom is -0.377 e. The molecule has 5 heteroatoms. The molecule has 3 nitrogen and oxygen atoms in total. The molecule has 1 aromatic rings. The van der Waals surface area contributed by atoms with Gasteiger partial charge in [0, 0.05) is 18.3 Å². The lowest BCUT2D eigenvalue weighted by molar-refractivity contribution is 0.0963. The third kappa shape index (κ3) is 3.18. The van der Waals surface area contributed by atoms with Crippen molar-refractivity contribution in [2.24, 2.45) is 0 Å². The molecule has 1 amide bonds. The maximum Gasteiger partial charge on any atom is 0.258 e. The van der Waals surface area contributed by atoms with Crippen LogP contribution in [0, 0.1) is 0 Å². The van der Waals surface area contributed by atoms with Crippen molar-refractivity contribution in [2.75, 3.05) is 12.4 Å². The highest BCUT2D eigenvalue weighted by Crippen LogP contribution is 2.14. The number of benzene rings is 1. The number of hydrogen-bond donors (Lipinski definition) is 2. The van der Waals surface area contributed by atoms with E-state index in [1.54, 1.807) is 18.2 Å². The summed E-state index contributed by atoms with van der Waals surface area (Å²) in [5.74, 6) is -0.242. The van der Waals surface area contributed by atoms with Gasteiger partial charge < -0.3 is 10.6 Å². The van der Waals surface area contributed by atoms with Crippen LogP contribution >= 0.6 is 0 Å². The number of rotatable bonds is 4. The molecule has 0 radical (unpaired) electrons. The zero-order valence-corrected chi connectivity index (χ0v) is 9.13. The molecule has 1 atom stereocenters. The van der Waals surface area contributed by atoms with Crippen molar-refractivity contribution in [3.63, 3.8) is 0 Å². The second-order valence-corrected chi connectivity index (χ2v) is 3.43. The summed E-state index contributed by atoms with van der Waals surface area (Å²) in [7, 11) is 1.52. The van der Waals surface area contributed by atoms with E-state index in [-0.39, 0.29) is 5.91 Å². The van der Waals surface area contributed by atoms with Crippen LogP contribution < -0.4 is 10.6 Å². The van der Waals surface area contributed by atoms with Crippen LogP contribution in [0.25, 0.3) is 0 Å². The van der Waals surface area contributed by atoms with E-state index in [0.29, 0.717) is 11.3 Å². The topological polar surface area (TPSA) is 41.1 Å². The predicted molar refractivity (Wildman–Crippen MR) is 58.9 cm³/mol. The third-order valence-corrected chi connectivity index (χ3v) is 2.12. The van der Waals surface area contributed by atoms with E-state index < -0.39 is 12.5 Å². The molecule has 0 saturated carbocycles. The van der Waals surface area contributed by atoms with Crippen LogP contribution in [0.3, 0.4) is 0 Å². The molecule has 1 unspecified atom stereocenters. The molecule has 0 aliphatic heterocycles. The number of anilines is 1. The third-order valence-electron chi connectivity index (χ3n) is 2.12. The summed E-state index contributed by atoms with van der Waals surface area (Å²) in [6.07, 6.45) is -2.44. The van der Waals surface area contributed by atoms with E-state index in [9.17, 15) is 13.6 Å². The van der Waals surface area contributed by atoms with Gasteiger partial charge in [-0.25, -0.2) is 8.78 Å². The van der Waals surface area contributed by atoms with Crippen molar-refractivity contribution < 1.29 is 13.6 Å². The first-order valence-electron chi connectivity index (χ1n) is 4.91. The smallest absolute Gasteiger partial charge is 0.258 e. The SMILES string of the molecule is CNC(=O)c1cccc(NC(C)C(F)F)c1. The minimum absolute atomic E-state index is 0.242. The number of carbonyl (C=O) groups is 1. The number of alkyl halides is 2. The van der Waals surface area contributed by atoms with Crippen LogP contribution in [-0.4, -0.2) is 25.4 Å². The predicted octanol–water partition coefficient (Wildman–Crippen LogP) is 2.11. The van der Waals surface area contributed by atoms with Gasteiger partial charge in [0.1, 0.15) is 0 Å². The molecule has 0 aliphatic rings. The van der Waals surface area contributed by atoms with Crippen molar-refractivity contribution in [3.05, 3.63) is 29.8 Å². The van der Waals surface area contributed by atoms with E-state index in [4.69, 9.17) is 0 Å². The summed E-state index contributed by atoms with van der Waals surface area (Å²) in [5, 5.41) is 5.10. The number of nitrogens with one attached hydrogen (secondary N) is 2. The Morgan fingerprint density at radius 3 is 2.62 bits per heavy atom. The monoisotopic (exact) mass is 228 g/mol. The first-order chi connectivity index (χ1) is 7.54. The van der Waals surface area contributed by atoms with E-state index in [1.807, 2.05) is 0 Å². The quantitative estimate of drug-likeness (QED) is 0.828. The fraction of sp³-hybridized carbons (Fsp3) is 0.364. The molecule has 0 bridgehead atoms. The Labute approximate surface area is 92.8 Å². The number of amides is 1. The molecule has 1 rings (SSSR count). The largest absolute Gasteiger partial charge is 0.377 e. The molecular weight excluding hydrogens is 214 g/mol. The van der Waals surface area contributed by atoms with Crippen molar-refractivity contribution >= 4 is 11.6 Å². The van der Waals surface area contributed by atoms with Gasteiger partial charge in [-0.2, -0.15) is 0 Å². The molecule has 0 spiro atoms. The Morgan fingerprint density at radius 1 is 1.38 bits per heavy atom. The lowest BCUT2D eigenvalue weighted by Crippen LogP contribution is -2.24. The van der Waals surface area contributed by atoms with Crippen LogP contribution in [0.2, 0.25) is 0 Å². The Morgan fingerprint density at radius 2 is 2.06 bits per heavy atom. The number of hydrogen-bond acceptors (Lipinski definition) is 2. The summed E-state index contributed by atoms with van der Waals surface area (Å²) in [5.41, 5.74) is 0.947. The Kier molecular flexibility index (Phi) is 4.22. The molecule has 0 fully saturated rings. The average molecular weight is 228 g/mol. The van der Waals surface area contributed by atoms with Crippen LogP contribution in [0.1, 0.15) is 17.3 Å². The number of carbonyl (C=O) groups excluding carboxylic acids is 1. The molecule has 88 valence electrons. The Bertz CT molecular complexity index is 369. The van der Waals surface area contributed by atoms with Crippen LogP contribution in [-0.2, 0) is 0 Å². The van der Waals surface area contributed by atoms with Gasteiger partial charge in [0.25, 0.3) is 12.3 Å². The van der Waals surface area contributed by atoms with Gasteiger partial charge in [-0.1, -0.05) is 6.07 Å². The summed E-state index contributed by atoms with van der Waals surface area (Å²) >= 11 is 0. The highest BCUT2D eigenvalue weighted by Gasteiger charge is 2.14. The lowest BCUT2D eigenvalue weighted by Gasteiger charge is -2.14. The maximum absolute atomic E-state index is 12.3. The van der Waals surface area contributed by atoms with E-state index in [0.717, 1.165) is 0 Å². The fourth-order valence-corrected chi connectivity index (χ4v) is 1.22. The average Bonchev–Trinajstić information content (AvgIpc) is 2.28. The van der Waals surface area contributed by atoms with Gasteiger partial charge in [-0.3, -0.25) is 4.79 Å². The van der Waals surface area contributed by atoms with Gasteiger partial charge in [-0.05, 0) is 25.1 Å². The normalized spacial score (nSPS) is 12.3. The molecule has 2 N–H and O–H groups in total. The van der Waals surface area contributed by atoms with Gasteiger partial charge in [0.2, 0.25) is 0 Å². The van der Waals surface area contributed by atoms with Gasteiger partial charge in [0.15, 0.2) is 0 Å². The summed E-state index contributed by atoms with van der Waals surface area (Å²) in [6.45, 7) is 1.39. The van der Waals surface area contributed by atoms with Crippen LogP contribution in [0.5, 0.6) is 0 Å². The molecule has 16 heavy (non-hydrogen) atoms. The highest BCUT2D eigenvalue weighted by molar-refractivity contribution is 5.94. The Hall–Kier alpha value is -1.65. The van der Waals surface area contributed by atoms with Crippen molar-refractivity contribution in [1.82, 2.24) is 5.32 Å². The van der Waals surface area contributed by atoms with E-state index in [2.05, 4.69) is 10.6 Å². The maximum atomic E-state index is 12.3. The van der Waals surface area contributed by atoms with Gasteiger partial charge in [-0.15, -0.1) is 0 Å². The Balaban J connectivity index is 2.78. The first-order valence-corrected chi connectivity index (χ1v) is 4.91. The van der Waals surface area contributed by atoms with Gasteiger partial charge >= 0.3 is 0 Å². The minimum atomic E-state index is -2.44. The summed E-state index contributed by atoms with van der Waals surface area (Å²) < 4.78 is 24.6. The molecule has 0 aliphatic carbocycles. The van der Waals surface area contributed by atoms with Crippen LogP contribution in [0.4, 0.5) is 14.5 Å². The zero-order valence-electron chi connectivity index (χ0n) is 9.13. The second kappa shape index (κ2) is 5.44. The highest BCUT2D eigenvalue weighted by atomic mass is 19.3. The zero-order chi connectivity index (χ0) is 12.1. The van der Waals surface area contributed by atoms with Crippen molar-refractivity contribution in [2.45, 2.75) is 19.4 Å². The summed E-state index contributed by atoms with van der Waals surface area (Å²) in [6, 6.07) is 5.51. The van der Waals surface area contributed by atoms with Crippen LogP contribution in [0.15, 0.2) is 24.3 Å². The second-order valence-electron chi connectivity index (χ2n) is 3.43. The van der Waals surface area contributed by atoms with Crippen molar-refractivity contribution in [1.29, 1.82) is 0 Å². The lowest BCUT2D eigenvalue weighted by atomic mass is 10.2. The standard InChI is InChI=1S/C11H14F2N2O/c1-7(10(12)13)15-9-5-3-4-8(6-9)11(16)14-2/h3-7,10,15H,1-2H3,(H,14,16). The van der Waals surface area contributed by atoms with E-state index in [1.165, 1.54) is 20.0 Å². The molecule has 0 heterocycles. The molecule has 1 aromatic carbocycles. The number of halogens is 2. The fourth-order valence-electron chi connectivity index (χ4n) is 1.22. The van der Waals surface area contributed by atoms with Crippen molar-refractivity contribution in [3.8, 4) is 0 Å². The molecule has 0 aromatic heterocycles. The first kappa shape index (κ1) is 12.4.